The Labute approximate surface area is 182 Å². The molecule has 1 aliphatic carbocycles. The molecule has 0 bridgehead atoms. The molecule has 3 aliphatic rings. The highest BCUT2D eigenvalue weighted by molar-refractivity contribution is 8.14. The number of nitrogens with one attached hydrogen (secondary N) is 2. The highest BCUT2D eigenvalue weighted by atomic mass is 32.2. The maximum absolute atomic E-state index is 13.6. The van der Waals surface area contributed by atoms with Gasteiger partial charge >= 0.3 is 0 Å². The van der Waals surface area contributed by atoms with Crippen molar-refractivity contribution >= 4 is 34.4 Å². The van der Waals surface area contributed by atoms with Crippen LogP contribution in [0.3, 0.4) is 0 Å². The van der Waals surface area contributed by atoms with Crippen LogP contribution in [0.15, 0.2) is 23.3 Å². The van der Waals surface area contributed by atoms with Gasteiger partial charge in [0.1, 0.15) is 0 Å². The summed E-state index contributed by atoms with van der Waals surface area (Å²) in [5, 5.41) is 8.31. The van der Waals surface area contributed by atoms with Gasteiger partial charge in [0, 0.05) is 12.1 Å². The molecule has 1 saturated carbocycles. The molecule has 0 spiro atoms. The van der Waals surface area contributed by atoms with E-state index in [4.69, 9.17) is 0 Å². The second-order valence-corrected chi connectivity index (χ2v) is 9.66. The van der Waals surface area contributed by atoms with Crippen molar-refractivity contribution in [2.45, 2.75) is 71.8 Å². The third-order valence-corrected chi connectivity index (χ3v) is 7.08. The predicted octanol–water partition coefficient (Wildman–Crippen LogP) is 2.93. The lowest BCUT2D eigenvalue weighted by atomic mass is 9.81. The van der Waals surface area contributed by atoms with Gasteiger partial charge in [0.2, 0.25) is 18.1 Å². The van der Waals surface area contributed by atoms with Gasteiger partial charge < -0.3 is 10.2 Å². The van der Waals surface area contributed by atoms with Crippen LogP contribution in [0.1, 0.15) is 50.7 Å². The van der Waals surface area contributed by atoms with Crippen molar-refractivity contribution in [1.82, 2.24) is 15.6 Å². The van der Waals surface area contributed by atoms with Crippen LogP contribution in [0.4, 0.5) is 5.69 Å². The van der Waals surface area contributed by atoms with Crippen LogP contribution >= 0.6 is 11.8 Å². The van der Waals surface area contributed by atoms with E-state index < -0.39 is 0 Å². The second-order valence-electron chi connectivity index (χ2n) is 8.72. The molecule has 2 heterocycles. The maximum Gasteiger partial charge on any atom is 0.235 e. The van der Waals surface area contributed by atoms with Gasteiger partial charge in [-0.05, 0) is 51.7 Å². The van der Waals surface area contributed by atoms with E-state index in [1.165, 1.54) is 11.8 Å². The number of para-hydroxylation sites is 1. The molecule has 1 saturated heterocycles. The fourth-order valence-corrected chi connectivity index (χ4v) is 5.74. The highest BCUT2D eigenvalue weighted by Gasteiger charge is 2.52. The van der Waals surface area contributed by atoms with Crippen molar-refractivity contribution in [1.29, 1.82) is 0 Å². The molecular formula is C22H31N5O2S. The molecule has 3 unspecified atom stereocenters. The number of carbonyl (C=O) groups is 2. The number of nitrogens with zero attached hydrogens (tertiary/aromatic N) is 3. The minimum Gasteiger partial charge on any atom is -0.353 e. The number of thioether (sulfide) groups is 1. The lowest BCUT2D eigenvalue weighted by Crippen LogP contribution is -2.67. The predicted molar refractivity (Wildman–Crippen MR) is 121 cm³/mol. The average Bonchev–Trinajstić information content (AvgIpc) is 3.12. The van der Waals surface area contributed by atoms with Gasteiger partial charge in [-0.25, -0.2) is 0 Å². The minimum absolute atomic E-state index is 0.000958. The Balaban J connectivity index is 1.63. The quantitative estimate of drug-likeness (QED) is 0.770. The van der Waals surface area contributed by atoms with Crippen LogP contribution < -0.4 is 15.6 Å². The fraction of sp³-hybridized carbons (Fsp3) is 0.591. The molecule has 3 atom stereocenters. The summed E-state index contributed by atoms with van der Waals surface area (Å²) >= 11 is 1.45. The number of aryl methyl sites for hydroxylation is 2. The molecule has 1 aromatic rings. The fourth-order valence-electron chi connectivity index (χ4n) is 4.89. The standard InChI is InChI=1S/C22H31N5O2S/c1-13(2)23-18(28)12-30-22-25-24-21-26(22)17-11-6-5-10-16(17)20(29)27(21)19-14(3)8-7-9-15(19)4/h7-9,13,16-17,21,24H,5-6,10-12H2,1-4H3,(H,23,28). The SMILES string of the molecule is Cc1cccc(C)c1N1C(=O)C2CCCCC2N2C(SCC(=O)NC(C)C)=NNC12. The molecule has 0 radical (unpaired) electrons. The topological polar surface area (TPSA) is 77.0 Å². The smallest absolute Gasteiger partial charge is 0.235 e. The molecule has 1 aromatic carbocycles. The normalized spacial score (nSPS) is 25.6. The van der Waals surface area contributed by atoms with Crippen molar-refractivity contribution in [2.75, 3.05) is 10.7 Å². The Bertz CT molecular complexity index is 851. The van der Waals surface area contributed by atoms with Gasteiger partial charge in [-0.15, -0.1) is 0 Å². The van der Waals surface area contributed by atoms with Crippen molar-refractivity contribution in [3.05, 3.63) is 29.3 Å². The van der Waals surface area contributed by atoms with Crippen LogP contribution in [-0.2, 0) is 9.59 Å². The summed E-state index contributed by atoms with van der Waals surface area (Å²) in [6.45, 7) is 8.01. The lowest BCUT2D eigenvalue weighted by Gasteiger charge is -2.50. The molecule has 7 nitrogen and oxygen atoms in total. The van der Waals surface area contributed by atoms with E-state index in [2.05, 4.69) is 46.7 Å². The largest absolute Gasteiger partial charge is 0.353 e. The first-order valence-electron chi connectivity index (χ1n) is 10.8. The zero-order valence-electron chi connectivity index (χ0n) is 18.1. The number of hydrogen-bond donors (Lipinski definition) is 2. The number of amidine groups is 1. The number of rotatable bonds is 4. The third kappa shape index (κ3) is 3.77. The summed E-state index contributed by atoms with van der Waals surface area (Å²) < 4.78 is 0. The first kappa shape index (κ1) is 21.0. The van der Waals surface area contributed by atoms with Crippen molar-refractivity contribution in [3.63, 3.8) is 0 Å². The summed E-state index contributed by atoms with van der Waals surface area (Å²) in [5.74, 6) is 0.464. The van der Waals surface area contributed by atoms with Gasteiger partial charge in [-0.3, -0.25) is 19.9 Å². The van der Waals surface area contributed by atoms with Crippen LogP contribution in [0.5, 0.6) is 0 Å². The minimum atomic E-state index is -0.340. The summed E-state index contributed by atoms with van der Waals surface area (Å²) in [4.78, 5) is 30.0. The first-order chi connectivity index (χ1) is 14.4. The second kappa shape index (κ2) is 8.49. The third-order valence-electron chi connectivity index (χ3n) is 6.11. The molecule has 2 amide bonds. The van der Waals surface area contributed by atoms with Gasteiger partial charge in [-0.1, -0.05) is 42.8 Å². The summed E-state index contributed by atoms with van der Waals surface area (Å²) in [5.41, 5.74) is 6.33. The van der Waals surface area contributed by atoms with Crippen LogP contribution in [0.2, 0.25) is 0 Å². The average molecular weight is 430 g/mol. The Hall–Kier alpha value is -2.22. The molecule has 2 fully saturated rings. The van der Waals surface area contributed by atoms with Gasteiger partial charge in [0.25, 0.3) is 0 Å². The zero-order valence-corrected chi connectivity index (χ0v) is 19.0. The van der Waals surface area contributed by atoms with Gasteiger partial charge in [0.15, 0.2) is 5.17 Å². The number of hydrazone groups is 1. The van der Waals surface area contributed by atoms with Crippen LogP contribution in [0.25, 0.3) is 0 Å². The Morgan fingerprint density at radius 2 is 1.97 bits per heavy atom. The van der Waals surface area contributed by atoms with E-state index in [1.807, 2.05) is 24.8 Å². The van der Waals surface area contributed by atoms with Crippen molar-refractivity contribution in [3.8, 4) is 0 Å². The Morgan fingerprint density at radius 1 is 1.27 bits per heavy atom. The number of carbonyl (C=O) groups excluding carboxylic acids is 2. The van der Waals surface area contributed by atoms with Crippen molar-refractivity contribution < 1.29 is 9.59 Å². The Morgan fingerprint density at radius 3 is 2.67 bits per heavy atom. The number of anilines is 1. The molecule has 4 rings (SSSR count). The van der Waals surface area contributed by atoms with Gasteiger partial charge in [0.05, 0.1) is 17.4 Å². The lowest BCUT2D eigenvalue weighted by molar-refractivity contribution is -0.130. The number of amides is 2. The van der Waals surface area contributed by atoms with E-state index >= 15 is 0 Å². The maximum atomic E-state index is 13.6. The molecule has 2 N–H and O–H groups in total. The number of benzene rings is 1. The number of fused-ring (bicyclic) bond motifs is 3. The monoisotopic (exact) mass is 429 g/mol. The van der Waals surface area contributed by atoms with E-state index in [9.17, 15) is 9.59 Å². The Kier molecular flexibility index (Phi) is 5.95. The van der Waals surface area contributed by atoms with Crippen LogP contribution in [-0.4, -0.2) is 46.0 Å². The zero-order chi connectivity index (χ0) is 21.4. The van der Waals surface area contributed by atoms with E-state index in [0.717, 1.165) is 47.7 Å². The van der Waals surface area contributed by atoms with E-state index in [-0.39, 0.29) is 36.1 Å². The van der Waals surface area contributed by atoms with Crippen LogP contribution in [0, 0.1) is 19.8 Å². The summed E-state index contributed by atoms with van der Waals surface area (Å²) in [7, 11) is 0. The van der Waals surface area contributed by atoms with E-state index in [1.54, 1.807) is 0 Å². The highest BCUT2D eigenvalue weighted by Crippen LogP contribution is 2.42. The first-order valence-corrected chi connectivity index (χ1v) is 11.8. The van der Waals surface area contributed by atoms with Crippen molar-refractivity contribution in [2.24, 2.45) is 11.0 Å². The molecule has 2 aliphatic heterocycles. The molecule has 8 heteroatoms. The molecule has 30 heavy (non-hydrogen) atoms. The van der Waals surface area contributed by atoms with Gasteiger partial charge in [-0.2, -0.15) is 5.10 Å². The number of hydrogen-bond acceptors (Lipinski definition) is 6. The molecule has 0 aromatic heterocycles. The summed E-state index contributed by atoms with van der Waals surface area (Å²) in [6.07, 6.45) is 3.74. The van der Waals surface area contributed by atoms with E-state index in [0.29, 0.717) is 5.75 Å². The molecule has 162 valence electrons. The summed E-state index contributed by atoms with van der Waals surface area (Å²) in [6, 6.07) is 6.37. The molecular weight excluding hydrogens is 398 g/mol.